The van der Waals surface area contributed by atoms with Gasteiger partial charge in [-0.3, -0.25) is 9.59 Å². The molecule has 1 aliphatic heterocycles. The summed E-state index contributed by atoms with van der Waals surface area (Å²) < 4.78 is 5.44. The number of hydrogen-bond acceptors (Lipinski definition) is 3. The van der Waals surface area contributed by atoms with E-state index in [1.54, 1.807) is 11.8 Å². The minimum atomic E-state index is -0.457. The molecule has 1 aromatic rings. The Morgan fingerprint density at radius 2 is 2.24 bits per heavy atom. The van der Waals surface area contributed by atoms with Gasteiger partial charge in [-0.25, -0.2) is 0 Å². The van der Waals surface area contributed by atoms with Crippen molar-refractivity contribution in [3.05, 3.63) is 23.7 Å². The highest BCUT2D eigenvalue weighted by Crippen LogP contribution is 2.12. The summed E-state index contributed by atoms with van der Waals surface area (Å²) in [6.45, 7) is 4.42. The fourth-order valence-electron chi connectivity index (χ4n) is 1.91. The summed E-state index contributed by atoms with van der Waals surface area (Å²) >= 11 is 0. The van der Waals surface area contributed by atoms with Gasteiger partial charge in [0.15, 0.2) is 0 Å². The van der Waals surface area contributed by atoms with Gasteiger partial charge in [0.2, 0.25) is 11.8 Å². The van der Waals surface area contributed by atoms with Crippen molar-refractivity contribution in [3.63, 3.8) is 0 Å². The lowest BCUT2D eigenvalue weighted by Crippen LogP contribution is -2.42. The zero-order valence-electron chi connectivity index (χ0n) is 10.0. The van der Waals surface area contributed by atoms with E-state index in [-0.39, 0.29) is 11.8 Å². The van der Waals surface area contributed by atoms with E-state index < -0.39 is 6.04 Å². The van der Waals surface area contributed by atoms with E-state index in [1.165, 1.54) is 0 Å². The lowest BCUT2D eigenvalue weighted by Gasteiger charge is -2.20. The molecule has 1 unspecified atom stereocenters. The molecule has 0 aliphatic carbocycles. The van der Waals surface area contributed by atoms with Crippen molar-refractivity contribution in [1.82, 2.24) is 10.2 Å². The van der Waals surface area contributed by atoms with Gasteiger partial charge in [-0.15, -0.1) is 0 Å². The summed E-state index contributed by atoms with van der Waals surface area (Å²) in [6, 6.07) is 3.26. The second-order valence-corrected chi connectivity index (χ2v) is 4.31. The van der Waals surface area contributed by atoms with Gasteiger partial charge in [-0.1, -0.05) is 0 Å². The van der Waals surface area contributed by atoms with Gasteiger partial charge in [-0.05, 0) is 26.0 Å². The average molecular weight is 236 g/mol. The number of rotatable bonds is 2. The normalized spacial score (nSPS) is 21.3. The Kier molecular flexibility index (Phi) is 3.17. The number of carbonyl (C=O) groups is 2. The van der Waals surface area contributed by atoms with Crippen LogP contribution in [0, 0.1) is 6.92 Å². The topological polar surface area (TPSA) is 62.6 Å². The molecular formula is C12H16N2O3. The minimum absolute atomic E-state index is 0.0649. The van der Waals surface area contributed by atoms with E-state index in [0.29, 0.717) is 19.5 Å². The predicted octanol–water partition coefficient (Wildman–Crippen LogP) is 0.825. The van der Waals surface area contributed by atoms with Crippen molar-refractivity contribution >= 4 is 11.8 Å². The first-order valence-electron chi connectivity index (χ1n) is 5.70. The molecule has 92 valence electrons. The zero-order chi connectivity index (χ0) is 12.4. The first-order valence-corrected chi connectivity index (χ1v) is 5.70. The van der Waals surface area contributed by atoms with Crippen molar-refractivity contribution in [2.45, 2.75) is 32.9 Å². The minimum Gasteiger partial charge on any atom is -0.464 e. The van der Waals surface area contributed by atoms with E-state index in [0.717, 1.165) is 11.5 Å². The van der Waals surface area contributed by atoms with Crippen LogP contribution in [0.3, 0.4) is 0 Å². The lowest BCUT2D eigenvalue weighted by atomic mass is 10.3. The molecule has 0 saturated carbocycles. The van der Waals surface area contributed by atoms with Crippen LogP contribution in [0.25, 0.3) is 0 Å². The van der Waals surface area contributed by atoms with Crippen LogP contribution in [0.4, 0.5) is 0 Å². The summed E-state index contributed by atoms with van der Waals surface area (Å²) in [5.74, 6) is 1.43. The Labute approximate surface area is 99.8 Å². The quantitative estimate of drug-likeness (QED) is 0.827. The van der Waals surface area contributed by atoms with E-state index in [9.17, 15) is 9.59 Å². The average Bonchev–Trinajstić information content (AvgIpc) is 2.64. The number of nitrogens with zero attached hydrogens (tertiary/aromatic N) is 1. The van der Waals surface area contributed by atoms with Crippen LogP contribution in [0.2, 0.25) is 0 Å². The molecule has 1 aromatic heterocycles. The second kappa shape index (κ2) is 4.61. The number of nitrogens with one attached hydrogen (secondary N) is 1. The Balaban J connectivity index is 2.08. The third-order valence-corrected chi connectivity index (χ3v) is 2.81. The SMILES string of the molecule is Cc1ccc(CN2CCC(=O)NC(C)C2=O)o1. The van der Waals surface area contributed by atoms with E-state index in [4.69, 9.17) is 4.42 Å². The summed E-state index contributed by atoms with van der Waals surface area (Å²) in [7, 11) is 0. The molecule has 2 rings (SSSR count). The number of aryl methyl sites for hydroxylation is 1. The molecular weight excluding hydrogens is 220 g/mol. The van der Waals surface area contributed by atoms with E-state index >= 15 is 0 Å². The molecule has 5 heteroatoms. The molecule has 1 N–H and O–H groups in total. The molecule has 2 heterocycles. The van der Waals surface area contributed by atoms with Gasteiger partial charge >= 0.3 is 0 Å². The van der Waals surface area contributed by atoms with Gasteiger partial charge in [0.05, 0.1) is 6.54 Å². The van der Waals surface area contributed by atoms with Crippen molar-refractivity contribution in [2.24, 2.45) is 0 Å². The maximum absolute atomic E-state index is 12.0. The van der Waals surface area contributed by atoms with Crippen LogP contribution >= 0.6 is 0 Å². The first-order chi connectivity index (χ1) is 8.06. The fraction of sp³-hybridized carbons (Fsp3) is 0.500. The Hall–Kier alpha value is -1.78. The molecule has 0 bridgehead atoms. The fourth-order valence-corrected chi connectivity index (χ4v) is 1.91. The van der Waals surface area contributed by atoms with Crippen molar-refractivity contribution in [3.8, 4) is 0 Å². The highest BCUT2D eigenvalue weighted by atomic mass is 16.3. The summed E-state index contributed by atoms with van der Waals surface area (Å²) in [5.41, 5.74) is 0. The molecule has 0 spiro atoms. The molecule has 17 heavy (non-hydrogen) atoms. The van der Waals surface area contributed by atoms with Crippen LogP contribution < -0.4 is 5.32 Å². The van der Waals surface area contributed by atoms with Crippen molar-refractivity contribution in [2.75, 3.05) is 6.54 Å². The van der Waals surface area contributed by atoms with Gasteiger partial charge < -0.3 is 14.6 Å². The molecule has 2 amide bonds. The smallest absolute Gasteiger partial charge is 0.245 e. The van der Waals surface area contributed by atoms with Gasteiger partial charge in [0.1, 0.15) is 17.6 Å². The molecule has 1 atom stereocenters. The van der Waals surface area contributed by atoms with Gasteiger partial charge in [0, 0.05) is 13.0 Å². The lowest BCUT2D eigenvalue weighted by molar-refractivity contribution is -0.133. The highest BCUT2D eigenvalue weighted by Gasteiger charge is 2.26. The van der Waals surface area contributed by atoms with Crippen molar-refractivity contribution in [1.29, 1.82) is 0 Å². The summed E-state index contributed by atoms with van der Waals surface area (Å²) in [6.07, 6.45) is 0.343. The summed E-state index contributed by atoms with van der Waals surface area (Å²) in [5, 5.41) is 2.65. The standard InChI is InChI=1S/C12H16N2O3/c1-8-3-4-10(17-8)7-14-6-5-11(15)13-9(2)12(14)16/h3-4,9H,5-7H2,1-2H3,(H,13,15). The van der Waals surface area contributed by atoms with Crippen LogP contribution in [-0.4, -0.2) is 29.3 Å². The molecule has 1 fully saturated rings. The predicted molar refractivity (Wildman–Crippen MR) is 61.1 cm³/mol. The molecule has 0 radical (unpaired) electrons. The first kappa shape index (κ1) is 11.7. The number of furan rings is 1. The maximum atomic E-state index is 12.0. The van der Waals surface area contributed by atoms with Crippen LogP contribution in [0.15, 0.2) is 16.5 Å². The van der Waals surface area contributed by atoms with E-state index in [1.807, 2.05) is 19.1 Å². The monoisotopic (exact) mass is 236 g/mol. The Bertz CT molecular complexity index is 439. The molecule has 1 saturated heterocycles. The molecule has 0 aromatic carbocycles. The highest BCUT2D eigenvalue weighted by molar-refractivity contribution is 5.89. The van der Waals surface area contributed by atoms with Crippen molar-refractivity contribution < 1.29 is 14.0 Å². The largest absolute Gasteiger partial charge is 0.464 e. The second-order valence-electron chi connectivity index (χ2n) is 4.31. The Morgan fingerprint density at radius 1 is 1.47 bits per heavy atom. The van der Waals surface area contributed by atoms with Crippen LogP contribution in [-0.2, 0) is 16.1 Å². The van der Waals surface area contributed by atoms with E-state index in [2.05, 4.69) is 5.32 Å². The summed E-state index contributed by atoms with van der Waals surface area (Å²) in [4.78, 5) is 25.0. The third-order valence-electron chi connectivity index (χ3n) is 2.81. The number of amides is 2. The van der Waals surface area contributed by atoms with Gasteiger partial charge in [0.25, 0.3) is 0 Å². The van der Waals surface area contributed by atoms with Crippen LogP contribution in [0.5, 0.6) is 0 Å². The third kappa shape index (κ3) is 2.67. The van der Waals surface area contributed by atoms with Crippen LogP contribution in [0.1, 0.15) is 24.9 Å². The zero-order valence-corrected chi connectivity index (χ0v) is 10.0. The number of hydrogen-bond donors (Lipinski definition) is 1. The number of carbonyl (C=O) groups excluding carboxylic acids is 2. The molecule has 5 nitrogen and oxygen atoms in total. The Morgan fingerprint density at radius 3 is 2.88 bits per heavy atom. The maximum Gasteiger partial charge on any atom is 0.245 e. The van der Waals surface area contributed by atoms with Gasteiger partial charge in [-0.2, -0.15) is 0 Å². The molecule has 1 aliphatic rings.